The molecular weight excluding hydrogens is 731 g/mol. The van der Waals surface area contributed by atoms with Crippen LogP contribution in [-0.2, 0) is 14.3 Å². The molecule has 0 radical (unpaired) electrons. The summed E-state index contributed by atoms with van der Waals surface area (Å²) in [6.45, 7) is 3.83. The van der Waals surface area contributed by atoms with E-state index in [0.29, 0.717) is 12.8 Å². The van der Waals surface area contributed by atoms with E-state index in [2.05, 4.69) is 31.3 Å². The van der Waals surface area contributed by atoms with Crippen molar-refractivity contribution in [2.45, 2.75) is 281 Å². The van der Waals surface area contributed by atoms with E-state index in [-0.39, 0.29) is 12.5 Å². The second kappa shape index (κ2) is 40.0. The van der Waals surface area contributed by atoms with Crippen LogP contribution in [0, 0.1) is 0 Å². The molecular formula is C49H95NO8. The molecule has 0 saturated carbocycles. The van der Waals surface area contributed by atoms with Gasteiger partial charge in [-0.15, -0.1) is 0 Å². The van der Waals surface area contributed by atoms with Crippen LogP contribution < -0.4 is 5.32 Å². The highest BCUT2D eigenvalue weighted by Gasteiger charge is 2.44. The van der Waals surface area contributed by atoms with E-state index >= 15 is 0 Å². The average molecular weight is 826 g/mol. The Morgan fingerprint density at radius 1 is 0.569 bits per heavy atom. The molecule has 0 aromatic rings. The summed E-state index contributed by atoms with van der Waals surface area (Å²) in [6, 6.07) is -0.715. The van der Waals surface area contributed by atoms with Gasteiger partial charge in [0.05, 0.1) is 25.4 Å². The Morgan fingerprint density at radius 2 is 0.966 bits per heavy atom. The summed E-state index contributed by atoms with van der Waals surface area (Å²) >= 11 is 0. The second-order valence-corrected chi connectivity index (χ2v) is 17.6. The lowest BCUT2D eigenvalue weighted by Crippen LogP contribution is -2.60. The quantitative estimate of drug-likeness (QED) is 0.0263. The summed E-state index contributed by atoms with van der Waals surface area (Å²) in [7, 11) is 0. The Kier molecular flexibility index (Phi) is 37.9. The third-order valence-electron chi connectivity index (χ3n) is 12.1. The average Bonchev–Trinajstić information content (AvgIpc) is 3.22. The van der Waals surface area contributed by atoms with Crippen molar-refractivity contribution in [2.24, 2.45) is 0 Å². The second-order valence-electron chi connectivity index (χ2n) is 17.6. The van der Waals surface area contributed by atoms with Crippen LogP contribution >= 0.6 is 0 Å². The van der Waals surface area contributed by atoms with E-state index in [0.717, 1.165) is 38.5 Å². The first-order valence-electron chi connectivity index (χ1n) is 24.9. The van der Waals surface area contributed by atoms with Gasteiger partial charge in [-0.05, 0) is 38.5 Å². The van der Waals surface area contributed by atoms with Gasteiger partial charge in [0.2, 0.25) is 5.91 Å². The van der Waals surface area contributed by atoms with Gasteiger partial charge in [-0.1, -0.05) is 206 Å². The highest BCUT2D eigenvalue weighted by atomic mass is 16.7. The first kappa shape index (κ1) is 54.9. The topological polar surface area (TPSA) is 149 Å². The van der Waals surface area contributed by atoms with Crippen molar-refractivity contribution in [1.82, 2.24) is 5.32 Å². The molecule has 0 aromatic heterocycles. The third-order valence-corrected chi connectivity index (χ3v) is 12.1. The molecule has 9 heteroatoms. The summed E-state index contributed by atoms with van der Waals surface area (Å²) < 4.78 is 11.2. The zero-order valence-corrected chi connectivity index (χ0v) is 37.8. The van der Waals surface area contributed by atoms with E-state index in [1.807, 2.05) is 0 Å². The molecule has 1 rings (SSSR count). The number of aliphatic hydroxyl groups is 5. The van der Waals surface area contributed by atoms with Crippen LogP contribution in [0.5, 0.6) is 0 Å². The fourth-order valence-electron chi connectivity index (χ4n) is 8.10. The zero-order chi connectivity index (χ0) is 42.3. The Labute approximate surface area is 356 Å². The molecule has 6 N–H and O–H groups in total. The van der Waals surface area contributed by atoms with E-state index in [1.54, 1.807) is 0 Å². The first-order chi connectivity index (χ1) is 28.3. The van der Waals surface area contributed by atoms with E-state index in [4.69, 9.17) is 9.47 Å². The number of hydrogen-bond acceptors (Lipinski definition) is 8. The van der Waals surface area contributed by atoms with Crippen LogP contribution in [0.15, 0.2) is 12.2 Å². The Bertz CT molecular complexity index is 919. The van der Waals surface area contributed by atoms with Crippen molar-refractivity contribution in [2.75, 3.05) is 13.2 Å². The summed E-state index contributed by atoms with van der Waals surface area (Å²) in [5.41, 5.74) is 0. The standard InChI is InChI=1S/C49H95NO8/c1-3-5-7-9-11-13-15-16-17-18-19-20-21-22-23-24-25-26-27-28-29-31-33-35-37-39-45(53)50-42(41-57-49-48(56)47(55)46(54)44(40-51)58-49)43(52)38-36-34-32-30-14-12-10-8-6-4-2/h22-23,42-44,46-49,51-52,54-56H,3-21,24-41H2,1-2H3,(H,50,53)/b23-22-. The maximum Gasteiger partial charge on any atom is 0.220 e. The molecule has 1 aliphatic rings. The summed E-state index contributed by atoms with van der Waals surface area (Å²) in [5, 5.41) is 54.3. The molecule has 1 amide bonds. The lowest BCUT2D eigenvalue weighted by atomic mass is 9.99. The van der Waals surface area contributed by atoms with Crippen LogP contribution in [-0.4, -0.2) is 87.5 Å². The molecule has 1 saturated heterocycles. The number of hydrogen-bond donors (Lipinski definition) is 6. The van der Waals surface area contributed by atoms with Crippen LogP contribution in [0.1, 0.15) is 239 Å². The van der Waals surface area contributed by atoms with Gasteiger partial charge in [0.15, 0.2) is 6.29 Å². The minimum absolute atomic E-state index is 0.136. The number of unbranched alkanes of at least 4 members (excludes halogenated alkanes) is 30. The van der Waals surface area contributed by atoms with Crippen LogP contribution in [0.4, 0.5) is 0 Å². The van der Waals surface area contributed by atoms with Gasteiger partial charge in [-0.25, -0.2) is 0 Å². The number of rotatable bonds is 42. The van der Waals surface area contributed by atoms with Gasteiger partial charge < -0.3 is 40.3 Å². The van der Waals surface area contributed by atoms with Crippen LogP contribution in [0.25, 0.3) is 0 Å². The Hall–Kier alpha value is -1.07. The molecule has 1 heterocycles. The first-order valence-corrected chi connectivity index (χ1v) is 24.9. The number of carbonyl (C=O) groups is 1. The number of amides is 1. The molecule has 1 fully saturated rings. The highest BCUT2D eigenvalue weighted by molar-refractivity contribution is 5.76. The highest BCUT2D eigenvalue weighted by Crippen LogP contribution is 2.23. The largest absolute Gasteiger partial charge is 0.394 e. The van der Waals surface area contributed by atoms with Gasteiger partial charge in [0.1, 0.15) is 24.4 Å². The maximum absolute atomic E-state index is 13.0. The number of nitrogens with one attached hydrogen (secondary N) is 1. The molecule has 7 atom stereocenters. The van der Waals surface area contributed by atoms with E-state index in [9.17, 15) is 30.3 Å². The van der Waals surface area contributed by atoms with Crippen LogP contribution in [0.2, 0.25) is 0 Å². The van der Waals surface area contributed by atoms with Crippen molar-refractivity contribution in [3.63, 3.8) is 0 Å². The van der Waals surface area contributed by atoms with E-state index in [1.165, 1.54) is 173 Å². The van der Waals surface area contributed by atoms with Crippen molar-refractivity contribution >= 4 is 5.91 Å². The molecule has 344 valence electrons. The van der Waals surface area contributed by atoms with Gasteiger partial charge >= 0.3 is 0 Å². The van der Waals surface area contributed by atoms with Gasteiger partial charge in [0, 0.05) is 6.42 Å². The maximum atomic E-state index is 13.0. The number of carbonyl (C=O) groups excluding carboxylic acids is 1. The van der Waals surface area contributed by atoms with Crippen LogP contribution in [0.3, 0.4) is 0 Å². The normalized spacial score (nSPS) is 20.8. The van der Waals surface area contributed by atoms with Crippen molar-refractivity contribution in [3.05, 3.63) is 12.2 Å². The molecule has 0 bridgehead atoms. The third kappa shape index (κ3) is 30.0. The molecule has 7 unspecified atom stereocenters. The predicted octanol–water partition coefficient (Wildman–Crippen LogP) is 10.9. The number of aliphatic hydroxyl groups excluding tert-OH is 5. The Balaban J connectivity index is 2.19. The van der Waals surface area contributed by atoms with Gasteiger partial charge in [-0.3, -0.25) is 4.79 Å². The SMILES string of the molecule is CCCCCCCCCCCCCC/C=C\CCCCCCCCCCCC(=O)NC(COC1OC(CO)C(O)C(O)C1O)C(O)CCCCCCCCCCCC. The fraction of sp³-hybridized carbons (Fsp3) is 0.939. The van der Waals surface area contributed by atoms with Gasteiger partial charge in [-0.2, -0.15) is 0 Å². The van der Waals surface area contributed by atoms with Crippen molar-refractivity contribution in [3.8, 4) is 0 Å². The zero-order valence-electron chi connectivity index (χ0n) is 37.8. The molecule has 1 aliphatic heterocycles. The number of allylic oxidation sites excluding steroid dienone is 2. The summed E-state index contributed by atoms with van der Waals surface area (Å²) in [6.07, 6.45) is 39.5. The van der Waals surface area contributed by atoms with E-state index < -0.39 is 49.5 Å². The van der Waals surface area contributed by atoms with Crippen molar-refractivity contribution < 1.29 is 39.8 Å². The number of ether oxygens (including phenoxy) is 2. The molecule has 0 spiro atoms. The predicted molar refractivity (Wildman–Crippen MR) is 240 cm³/mol. The fourth-order valence-corrected chi connectivity index (χ4v) is 8.10. The minimum atomic E-state index is -1.55. The smallest absolute Gasteiger partial charge is 0.220 e. The lowest BCUT2D eigenvalue weighted by molar-refractivity contribution is -0.302. The van der Waals surface area contributed by atoms with Gasteiger partial charge in [0.25, 0.3) is 0 Å². The molecule has 58 heavy (non-hydrogen) atoms. The molecule has 9 nitrogen and oxygen atoms in total. The Morgan fingerprint density at radius 3 is 1.40 bits per heavy atom. The molecule has 0 aromatic carbocycles. The van der Waals surface area contributed by atoms with Crippen molar-refractivity contribution in [1.29, 1.82) is 0 Å². The molecule has 0 aliphatic carbocycles. The monoisotopic (exact) mass is 826 g/mol. The summed E-state index contributed by atoms with van der Waals surface area (Å²) in [4.78, 5) is 13.0. The lowest BCUT2D eigenvalue weighted by Gasteiger charge is -2.40. The summed E-state index contributed by atoms with van der Waals surface area (Å²) in [5.74, 6) is -0.146. The minimum Gasteiger partial charge on any atom is -0.394 e.